The van der Waals surface area contributed by atoms with Crippen LogP contribution in [0.3, 0.4) is 0 Å². The Morgan fingerprint density at radius 1 is 1.33 bits per heavy atom. The van der Waals surface area contributed by atoms with Crippen LogP contribution in [-0.4, -0.2) is 28.5 Å². The number of likely N-dealkylation sites (tertiary alicyclic amines) is 1. The number of nitrogens with one attached hydrogen (secondary N) is 1. The van der Waals surface area contributed by atoms with Crippen LogP contribution in [0.15, 0.2) is 5.38 Å². The van der Waals surface area contributed by atoms with Gasteiger partial charge in [0, 0.05) is 37.1 Å². The molecule has 0 amide bonds. The highest BCUT2D eigenvalue weighted by Gasteiger charge is 2.37. The monoisotopic (exact) mass is 263 g/mol. The van der Waals surface area contributed by atoms with E-state index in [0.717, 1.165) is 31.1 Å². The standard InChI is InChI=1S/C14H21N3S/c1-4-13-5-10(1)7-17(13)8-12-9-18-14(16-12)6-15-11-2-3-11/h9-11,13,15H,1-8H2. The zero-order valence-corrected chi connectivity index (χ0v) is 11.6. The second-order valence-electron chi connectivity index (χ2n) is 6.15. The van der Waals surface area contributed by atoms with Crippen molar-refractivity contribution in [2.24, 2.45) is 5.92 Å². The molecule has 1 N–H and O–H groups in total. The molecule has 2 aliphatic carbocycles. The van der Waals surface area contributed by atoms with Crippen molar-refractivity contribution in [3.8, 4) is 0 Å². The fourth-order valence-electron chi connectivity index (χ4n) is 3.45. The summed E-state index contributed by atoms with van der Waals surface area (Å²) in [4.78, 5) is 7.43. The highest BCUT2D eigenvalue weighted by Crippen LogP contribution is 2.38. The molecule has 2 bridgehead atoms. The van der Waals surface area contributed by atoms with Crippen LogP contribution in [0.4, 0.5) is 0 Å². The number of fused-ring (bicyclic) bond motifs is 2. The first-order valence-electron chi connectivity index (χ1n) is 7.27. The Kier molecular flexibility index (Phi) is 2.90. The maximum absolute atomic E-state index is 4.77. The van der Waals surface area contributed by atoms with E-state index in [1.165, 1.54) is 49.4 Å². The molecular formula is C14H21N3S. The second kappa shape index (κ2) is 4.58. The minimum atomic E-state index is 0.784. The lowest BCUT2D eigenvalue weighted by atomic mass is 10.1. The molecule has 4 rings (SSSR count). The van der Waals surface area contributed by atoms with E-state index in [1.807, 2.05) is 11.3 Å². The molecule has 2 saturated carbocycles. The van der Waals surface area contributed by atoms with E-state index < -0.39 is 0 Å². The van der Waals surface area contributed by atoms with Gasteiger partial charge in [-0.15, -0.1) is 11.3 Å². The van der Waals surface area contributed by atoms with E-state index >= 15 is 0 Å². The Hall–Kier alpha value is -0.450. The molecule has 1 aromatic rings. The molecule has 3 aliphatic rings. The molecule has 0 aromatic carbocycles. The Labute approximate surface area is 113 Å². The Morgan fingerprint density at radius 3 is 3.00 bits per heavy atom. The summed E-state index contributed by atoms with van der Waals surface area (Å²) in [6, 6.07) is 1.65. The van der Waals surface area contributed by atoms with Crippen molar-refractivity contribution >= 4 is 11.3 Å². The summed E-state index contributed by atoms with van der Waals surface area (Å²) in [6.45, 7) is 3.38. The summed E-state index contributed by atoms with van der Waals surface area (Å²) in [5.74, 6) is 0.990. The number of nitrogens with zero attached hydrogens (tertiary/aromatic N) is 2. The number of aromatic nitrogens is 1. The minimum Gasteiger partial charge on any atom is -0.308 e. The molecule has 3 nitrogen and oxygen atoms in total. The van der Waals surface area contributed by atoms with Crippen molar-refractivity contribution in [1.82, 2.24) is 15.2 Å². The number of thiazole rings is 1. The van der Waals surface area contributed by atoms with Gasteiger partial charge in [-0.05, 0) is 38.0 Å². The molecule has 3 fully saturated rings. The molecular weight excluding hydrogens is 242 g/mol. The van der Waals surface area contributed by atoms with Crippen molar-refractivity contribution in [2.45, 2.75) is 57.3 Å². The van der Waals surface area contributed by atoms with Gasteiger partial charge in [0.05, 0.1) is 5.69 Å². The van der Waals surface area contributed by atoms with Crippen molar-refractivity contribution in [1.29, 1.82) is 0 Å². The van der Waals surface area contributed by atoms with Gasteiger partial charge in [0.25, 0.3) is 0 Å². The van der Waals surface area contributed by atoms with Crippen LogP contribution in [0.2, 0.25) is 0 Å². The lowest BCUT2D eigenvalue weighted by Gasteiger charge is -2.25. The molecule has 2 unspecified atom stereocenters. The van der Waals surface area contributed by atoms with E-state index in [9.17, 15) is 0 Å². The summed E-state index contributed by atoms with van der Waals surface area (Å²) in [5.41, 5.74) is 1.29. The minimum absolute atomic E-state index is 0.784. The molecule has 0 spiro atoms. The SMILES string of the molecule is c1sc(CNC2CC2)nc1CN1CC2CCC1C2. The molecule has 1 aliphatic heterocycles. The Morgan fingerprint density at radius 2 is 2.28 bits per heavy atom. The maximum Gasteiger partial charge on any atom is 0.107 e. The molecule has 2 heterocycles. The van der Waals surface area contributed by atoms with Crippen molar-refractivity contribution in [2.75, 3.05) is 6.54 Å². The maximum atomic E-state index is 4.77. The average molecular weight is 263 g/mol. The third-order valence-electron chi connectivity index (χ3n) is 4.61. The summed E-state index contributed by atoms with van der Waals surface area (Å²) < 4.78 is 0. The Bertz CT molecular complexity index is 426. The van der Waals surface area contributed by atoms with Gasteiger partial charge in [-0.25, -0.2) is 4.98 Å². The first-order valence-corrected chi connectivity index (χ1v) is 8.15. The number of hydrogen-bond acceptors (Lipinski definition) is 4. The summed E-state index contributed by atoms with van der Waals surface area (Å²) in [7, 11) is 0. The molecule has 0 radical (unpaired) electrons. The van der Waals surface area contributed by atoms with Gasteiger partial charge < -0.3 is 5.32 Å². The van der Waals surface area contributed by atoms with Crippen LogP contribution >= 0.6 is 11.3 Å². The van der Waals surface area contributed by atoms with Gasteiger partial charge in [0.1, 0.15) is 5.01 Å². The molecule has 98 valence electrons. The molecule has 18 heavy (non-hydrogen) atoms. The van der Waals surface area contributed by atoms with Crippen LogP contribution < -0.4 is 5.32 Å². The summed E-state index contributed by atoms with van der Waals surface area (Å²) in [5, 5.41) is 7.07. The van der Waals surface area contributed by atoms with Gasteiger partial charge in [-0.1, -0.05) is 0 Å². The van der Waals surface area contributed by atoms with Crippen LogP contribution in [0.1, 0.15) is 42.8 Å². The Balaban J connectivity index is 1.33. The quantitative estimate of drug-likeness (QED) is 0.884. The van der Waals surface area contributed by atoms with Crippen LogP contribution in [0.5, 0.6) is 0 Å². The predicted octanol–water partition coefficient (Wildman–Crippen LogP) is 2.38. The highest BCUT2D eigenvalue weighted by molar-refractivity contribution is 7.09. The normalized spacial score (nSPS) is 31.3. The van der Waals surface area contributed by atoms with E-state index in [2.05, 4.69) is 15.6 Å². The van der Waals surface area contributed by atoms with Gasteiger partial charge in [0.2, 0.25) is 0 Å². The largest absolute Gasteiger partial charge is 0.308 e. The third kappa shape index (κ3) is 2.33. The molecule has 4 heteroatoms. The molecule has 2 atom stereocenters. The van der Waals surface area contributed by atoms with Crippen molar-refractivity contribution < 1.29 is 0 Å². The van der Waals surface area contributed by atoms with Crippen LogP contribution in [0, 0.1) is 5.92 Å². The van der Waals surface area contributed by atoms with E-state index in [-0.39, 0.29) is 0 Å². The van der Waals surface area contributed by atoms with E-state index in [0.29, 0.717) is 0 Å². The average Bonchev–Trinajstić information content (AvgIpc) is 2.78. The van der Waals surface area contributed by atoms with Crippen LogP contribution in [-0.2, 0) is 13.1 Å². The summed E-state index contributed by atoms with van der Waals surface area (Å²) in [6.07, 6.45) is 7.05. The van der Waals surface area contributed by atoms with Gasteiger partial charge >= 0.3 is 0 Å². The van der Waals surface area contributed by atoms with Crippen LogP contribution in [0.25, 0.3) is 0 Å². The number of piperidine rings is 1. The fourth-order valence-corrected chi connectivity index (χ4v) is 4.19. The molecule has 1 saturated heterocycles. The third-order valence-corrected chi connectivity index (χ3v) is 5.50. The van der Waals surface area contributed by atoms with Gasteiger partial charge in [0.15, 0.2) is 0 Å². The zero-order chi connectivity index (χ0) is 11.9. The summed E-state index contributed by atoms with van der Waals surface area (Å²) >= 11 is 1.82. The van der Waals surface area contributed by atoms with Gasteiger partial charge in [-0.3, -0.25) is 4.90 Å². The zero-order valence-electron chi connectivity index (χ0n) is 10.8. The van der Waals surface area contributed by atoms with Crippen molar-refractivity contribution in [3.63, 3.8) is 0 Å². The van der Waals surface area contributed by atoms with E-state index in [4.69, 9.17) is 4.98 Å². The topological polar surface area (TPSA) is 28.2 Å². The number of hydrogen-bond donors (Lipinski definition) is 1. The van der Waals surface area contributed by atoms with Crippen molar-refractivity contribution in [3.05, 3.63) is 16.1 Å². The number of rotatable bonds is 5. The van der Waals surface area contributed by atoms with Gasteiger partial charge in [-0.2, -0.15) is 0 Å². The highest BCUT2D eigenvalue weighted by atomic mass is 32.1. The lowest BCUT2D eigenvalue weighted by Crippen LogP contribution is -2.31. The predicted molar refractivity (Wildman–Crippen MR) is 73.5 cm³/mol. The second-order valence-corrected chi connectivity index (χ2v) is 7.09. The first-order chi connectivity index (χ1) is 8.87. The van der Waals surface area contributed by atoms with E-state index in [1.54, 1.807) is 0 Å². The fraction of sp³-hybridized carbons (Fsp3) is 0.786. The smallest absolute Gasteiger partial charge is 0.107 e. The lowest BCUT2D eigenvalue weighted by molar-refractivity contribution is 0.203. The first kappa shape index (κ1) is 11.4. The molecule has 1 aromatic heterocycles.